The summed E-state index contributed by atoms with van der Waals surface area (Å²) in [6, 6.07) is 1.84. The molecule has 1 aromatic rings. The summed E-state index contributed by atoms with van der Waals surface area (Å²) >= 11 is 1.14. The first-order valence-electron chi connectivity index (χ1n) is 5.37. The third kappa shape index (κ3) is 3.24. The lowest BCUT2D eigenvalue weighted by Gasteiger charge is -2.23. The summed E-state index contributed by atoms with van der Waals surface area (Å²) in [5, 5.41) is 18.5. The van der Waals surface area contributed by atoms with Crippen LogP contribution in [0.4, 0.5) is 5.00 Å². The van der Waals surface area contributed by atoms with Gasteiger partial charge < -0.3 is 10.6 Å². The molecule has 7 heteroatoms. The predicted octanol–water partition coefficient (Wildman–Crippen LogP) is 1.02. The molecule has 0 aliphatic carbocycles. The molecule has 92 valence electrons. The molecule has 1 aliphatic heterocycles. The maximum absolute atomic E-state index is 10.9. The van der Waals surface area contributed by atoms with E-state index in [9.17, 15) is 14.9 Å². The van der Waals surface area contributed by atoms with E-state index in [0.717, 1.165) is 23.3 Å². The average molecular weight is 255 g/mol. The van der Waals surface area contributed by atoms with Crippen LogP contribution in [0.2, 0.25) is 0 Å². The highest BCUT2D eigenvalue weighted by Gasteiger charge is 2.17. The zero-order valence-electron chi connectivity index (χ0n) is 9.14. The fraction of sp³-hybridized carbons (Fsp3) is 0.500. The Kier molecular flexibility index (Phi) is 3.70. The Morgan fingerprint density at radius 1 is 1.65 bits per heavy atom. The van der Waals surface area contributed by atoms with Crippen molar-refractivity contribution < 1.29 is 9.72 Å². The van der Waals surface area contributed by atoms with Gasteiger partial charge in [0, 0.05) is 37.0 Å². The number of nitrogens with one attached hydrogen (secondary N) is 2. The molecule has 0 saturated carbocycles. The molecule has 1 aromatic heterocycles. The standard InChI is InChI=1S/C10H13N3O3S/c14-9-2-1-8(5-12-9)11-4-7-3-10(13(15)16)17-6-7/h3,6,8,11H,1-2,4-5H2,(H,12,14). The average Bonchev–Trinajstić information content (AvgIpc) is 2.77. The summed E-state index contributed by atoms with van der Waals surface area (Å²) in [6.45, 7) is 1.23. The van der Waals surface area contributed by atoms with Crippen LogP contribution in [0.5, 0.6) is 0 Å². The molecule has 1 saturated heterocycles. The van der Waals surface area contributed by atoms with Gasteiger partial charge >= 0.3 is 5.00 Å². The summed E-state index contributed by atoms with van der Waals surface area (Å²) in [6.07, 6.45) is 1.36. The largest absolute Gasteiger partial charge is 0.355 e. The molecule has 1 unspecified atom stereocenters. The molecule has 0 radical (unpaired) electrons. The molecule has 17 heavy (non-hydrogen) atoms. The lowest BCUT2D eigenvalue weighted by atomic mass is 10.1. The quantitative estimate of drug-likeness (QED) is 0.621. The zero-order valence-corrected chi connectivity index (χ0v) is 9.96. The van der Waals surface area contributed by atoms with Crippen molar-refractivity contribution in [3.05, 3.63) is 27.1 Å². The number of nitrogens with zero attached hydrogens (tertiary/aromatic N) is 1. The van der Waals surface area contributed by atoms with Crippen LogP contribution in [0.15, 0.2) is 11.4 Å². The van der Waals surface area contributed by atoms with E-state index in [1.54, 1.807) is 11.4 Å². The van der Waals surface area contributed by atoms with Crippen molar-refractivity contribution in [2.45, 2.75) is 25.4 Å². The summed E-state index contributed by atoms with van der Waals surface area (Å²) in [7, 11) is 0. The van der Waals surface area contributed by atoms with Crippen molar-refractivity contribution in [2.75, 3.05) is 6.54 Å². The maximum Gasteiger partial charge on any atom is 0.324 e. The highest BCUT2D eigenvalue weighted by molar-refractivity contribution is 7.13. The molecule has 1 fully saturated rings. The SMILES string of the molecule is O=C1CCC(NCc2csc([N+](=O)[O-])c2)CN1. The van der Waals surface area contributed by atoms with E-state index in [2.05, 4.69) is 10.6 Å². The number of piperidine rings is 1. The second-order valence-electron chi connectivity index (χ2n) is 3.97. The van der Waals surface area contributed by atoms with Crippen LogP contribution in [-0.2, 0) is 11.3 Å². The number of nitro groups is 1. The van der Waals surface area contributed by atoms with E-state index in [0.29, 0.717) is 19.5 Å². The molecule has 0 spiro atoms. The van der Waals surface area contributed by atoms with E-state index < -0.39 is 0 Å². The molecule has 2 rings (SSSR count). The van der Waals surface area contributed by atoms with Crippen molar-refractivity contribution in [1.82, 2.24) is 10.6 Å². The Morgan fingerprint density at radius 2 is 2.47 bits per heavy atom. The first-order chi connectivity index (χ1) is 8.15. The predicted molar refractivity (Wildman–Crippen MR) is 63.8 cm³/mol. The van der Waals surface area contributed by atoms with Crippen molar-refractivity contribution in [3.63, 3.8) is 0 Å². The summed E-state index contributed by atoms with van der Waals surface area (Å²) in [5.74, 6) is 0.0919. The van der Waals surface area contributed by atoms with Crippen molar-refractivity contribution >= 4 is 22.2 Å². The maximum atomic E-state index is 10.9. The second kappa shape index (κ2) is 5.24. The first-order valence-corrected chi connectivity index (χ1v) is 6.25. The zero-order chi connectivity index (χ0) is 12.3. The van der Waals surface area contributed by atoms with Crippen molar-refractivity contribution in [3.8, 4) is 0 Å². The van der Waals surface area contributed by atoms with Gasteiger partial charge in [0.1, 0.15) is 0 Å². The molecule has 2 N–H and O–H groups in total. The molecule has 0 aromatic carbocycles. The van der Waals surface area contributed by atoms with Crippen LogP contribution >= 0.6 is 11.3 Å². The van der Waals surface area contributed by atoms with Gasteiger partial charge in [0.25, 0.3) is 0 Å². The number of carbonyl (C=O) groups is 1. The highest BCUT2D eigenvalue weighted by atomic mass is 32.1. The number of hydrogen-bond acceptors (Lipinski definition) is 5. The number of thiophene rings is 1. The minimum atomic E-state index is -0.380. The van der Waals surface area contributed by atoms with Gasteiger partial charge in [-0.1, -0.05) is 11.3 Å². The van der Waals surface area contributed by atoms with Crippen molar-refractivity contribution in [1.29, 1.82) is 0 Å². The smallest absolute Gasteiger partial charge is 0.324 e. The third-order valence-electron chi connectivity index (χ3n) is 2.68. The van der Waals surface area contributed by atoms with Gasteiger partial charge in [0.05, 0.1) is 4.92 Å². The lowest BCUT2D eigenvalue weighted by Crippen LogP contribution is -2.45. The van der Waals surface area contributed by atoms with Crippen LogP contribution in [0.25, 0.3) is 0 Å². The minimum absolute atomic E-state index is 0.0919. The van der Waals surface area contributed by atoms with Gasteiger partial charge in [-0.3, -0.25) is 14.9 Å². The minimum Gasteiger partial charge on any atom is -0.355 e. The topological polar surface area (TPSA) is 84.3 Å². The van der Waals surface area contributed by atoms with Crippen molar-refractivity contribution in [2.24, 2.45) is 0 Å². The third-order valence-corrected chi connectivity index (χ3v) is 3.61. The molecule has 1 aliphatic rings. The Morgan fingerprint density at radius 3 is 3.06 bits per heavy atom. The lowest BCUT2D eigenvalue weighted by molar-refractivity contribution is -0.380. The number of rotatable bonds is 4. The molecule has 2 heterocycles. The second-order valence-corrected chi connectivity index (χ2v) is 4.86. The van der Waals surface area contributed by atoms with E-state index in [4.69, 9.17) is 0 Å². The first kappa shape index (κ1) is 12.0. The Bertz CT molecular complexity index is 422. The molecule has 6 nitrogen and oxygen atoms in total. The Labute approximate surface area is 102 Å². The molecular formula is C10H13N3O3S. The van der Waals surface area contributed by atoms with Gasteiger partial charge in [-0.05, 0) is 12.0 Å². The van der Waals surface area contributed by atoms with Gasteiger partial charge in [0.15, 0.2) is 0 Å². The van der Waals surface area contributed by atoms with E-state index in [1.165, 1.54) is 0 Å². The normalized spacial score (nSPS) is 20.0. The molecule has 1 amide bonds. The molecular weight excluding hydrogens is 242 g/mol. The van der Waals surface area contributed by atoms with Gasteiger partial charge in [-0.15, -0.1) is 0 Å². The summed E-state index contributed by atoms with van der Waals surface area (Å²) in [5.41, 5.74) is 0.915. The van der Waals surface area contributed by atoms with Gasteiger partial charge in [0.2, 0.25) is 5.91 Å². The van der Waals surface area contributed by atoms with E-state index in [1.807, 2.05) is 0 Å². The summed E-state index contributed by atoms with van der Waals surface area (Å²) in [4.78, 5) is 21.1. The van der Waals surface area contributed by atoms with Gasteiger partial charge in [-0.2, -0.15) is 0 Å². The summed E-state index contributed by atoms with van der Waals surface area (Å²) < 4.78 is 0. The monoisotopic (exact) mass is 255 g/mol. The van der Waals surface area contributed by atoms with E-state index in [-0.39, 0.29) is 21.9 Å². The number of amides is 1. The van der Waals surface area contributed by atoms with Gasteiger partial charge in [-0.25, -0.2) is 0 Å². The Hall–Kier alpha value is -1.47. The van der Waals surface area contributed by atoms with E-state index >= 15 is 0 Å². The van der Waals surface area contributed by atoms with Crippen LogP contribution in [0.1, 0.15) is 18.4 Å². The molecule has 0 bridgehead atoms. The fourth-order valence-electron chi connectivity index (χ4n) is 1.72. The van der Waals surface area contributed by atoms with Crippen LogP contribution in [-0.4, -0.2) is 23.4 Å². The van der Waals surface area contributed by atoms with Crippen LogP contribution < -0.4 is 10.6 Å². The molecule has 1 atom stereocenters. The number of hydrogen-bond donors (Lipinski definition) is 2. The fourth-order valence-corrected chi connectivity index (χ4v) is 2.45. The Balaban J connectivity index is 1.81. The van der Waals surface area contributed by atoms with Crippen LogP contribution in [0.3, 0.4) is 0 Å². The highest BCUT2D eigenvalue weighted by Crippen LogP contribution is 2.22. The van der Waals surface area contributed by atoms with Crippen LogP contribution in [0, 0.1) is 10.1 Å². The number of carbonyl (C=O) groups excluding carboxylic acids is 1.